The van der Waals surface area contributed by atoms with E-state index in [0.717, 1.165) is 0 Å². The van der Waals surface area contributed by atoms with Crippen molar-refractivity contribution in [3.8, 4) is 0 Å². The molecule has 0 saturated carbocycles. The summed E-state index contributed by atoms with van der Waals surface area (Å²) < 4.78 is 8.66. The van der Waals surface area contributed by atoms with E-state index in [1.807, 2.05) is 6.07 Å². The molecule has 0 spiro atoms. The molecule has 0 unspecified atom stereocenters. The first-order valence-corrected chi connectivity index (χ1v) is 7.27. The third-order valence-corrected chi connectivity index (χ3v) is 2.38. The van der Waals surface area contributed by atoms with E-state index in [1.165, 1.54) is 24.3 Å². The second-order valence-electron chi connectivity index (χ2n) is 3.97. The van der Waals surface area contributed by atoms with Crippen molar-refractivity contribution in [2.24, 2.45) is 0 Å². The van der Waals surface area contributed by atoms with Crippen LogP contribution in [0.1, 0.15) is 15.9 Å². The molecule has 11 heteroatoms. The molecule has 0 aliphatic carbocycles. The third-order valence-electron chi connectivity index (χ3n) is 2.38. The molecule has 0 aromatic heterocycles. The largest absolute Gasteiger partial charge is 1.00 e. The van der Waals surface area contributed by atoms with Gasteiger partial charge in [-0.05, 0) is 12.1 Å². The summed E-state index contributed by atoms with van der Waals surface area (Å²) in [5.41, 5.74) is 0.998. The molecule has 0 amide bonds. The fourth-order valence-corrected chi connectivity index (χ4v) is 1.49. The summed E-state index contributed by atoms with van der Waals surface area (Å²) in [7, 11) is -5.14. The van der Waals surface area contributed by atoms with Crippen LogP contribution in [0.2, 0.25) is 0 Å². The van der Waals surface area contributed by atoms with E-state index in [2.05, 4.69) is 0 Å². The summed E-state index contributed by atoms with van der Waals surface area (Å²) in [4.78, 5) is 46.2. The van der Waals surface area contributed by atoms with Gasteiger partial charge in [0.2, 0.25) is 0 Å². The quantitative estimate of drug-likeness (QED) is 0.187. The average molecular weight is 369 g/mol. The van der Waals surface area contributed by atoms with Gasteiger partial charge in [-0.15, -0.1) is 0 Å². The topological polar surface area (TPSA) is 144 Å². The number of non-ortho nitro benzene ring substituents is 1. The molecule has 0 bridgehead atoms. The van der Waals surface area contributed by atoms with Crippen LogP contribution in [0, 0.1) is 10.1 Å². The maximum atomic E-state index is 12.0. The van der Waals surface area contributed by atoms with Crippen molar-refractivity contribution in [3.63, 3.8) is 0 Å². The Balaban J connectivity index is 0. The van der Waals surface area contributed by atoms with Gasteiger partial charge in [0, 0.05) is 23.3 Å². The molecular formula is C13H10NNa2O7P. The Kier molecular flexibility index (Phi) is 13.0. The van der Waals surface area contributed by atoms with Crippen molar-refractivity contribution in [2.75, 3.05) is 0 Å². The maximum absolute atomic E-state index is 12.0. The van der Waals surface area contributed by atoms with Gasteiger partial charge >= 0.3 is 59.1 Å². The van der Waals surface area contributed by atoms with Crippen molar-refractivity contribution < 1.29 is 88.1 Å². The summed E-state index contributed by atoms with van der Waals surface area (Å²) in [6, 6.07) is 14.4. The predicted molar refractivity (Wildman–Crippen MR) is 72.8 cm³/mol. The van der Waals surface area contributed by atoms with Crippen LogP contribution < -0.4 is 68.9 Å². The van der Waals surface area contributed by atoms with Crippen LogP contribution >= 0.6 is 7.82 Å². The van der Waals surface area contributed by atoms with Crippen molar-refractivity contribution >= 4 is 19.3 Å². The summed E-state index contributed by atoms with van der Waals surface area (Å²) in [5.74, 6) is -0.138. The van der Waals surface area contributed by atoms with E-state index >= 15 is 0 Å². The number of benzene rings is 2. The SMILES string of the molecule is O=C(c1ccccc1)c1ccc([N+](=O)[O-])cc1.O=P([O-])([O-])O.[Na+].[Na+]. The Morgan fingerprint density at radius 1 is 0.917 bits per heavy atom. The van der Waals surface area contributed by atoms with E-state index in [0.29, 0.717) is 11.1 Å². The molecule has 1 N–H and O–H groups in total. The summed E-state index contributed by atoms with van der Waals surface area (Å²) in [6.07, 6.45) is 0. The molecule has 0 atom stereocenters. The van der Waals surface area contributed by atoms with Gasteiger partial charge in [-0.3, -0.25) is 14.9 Å². The summed E-state index contributed by atoms with van der Waals surface area (Å²) in [6.45, 7) is 0. The molecule has 24 heavy (non-hydrogen) atoms. The number of hydrogen-bond donors (Lipinski definition) is 1. The van der Waals surface area contributed by atoms with Gasteiger partial charge in [0.25, 0.3) is 5.69 Å². The van der Waals surface area contributed by atoms with Crippen molar-refractivity contribution in [1.29, 1.82) is 0 Å². The van der Waals surface area contributed by atoms with Gasteiger partial charge in [-0.1, -0.05) is 30.3 Å². The molecule has 8 nitrogen and oxygen atoms in total. The first kappa shape index (κ1) is 25.9. The van der Waals surface area contributed by atoms with Crippen LogP contribution in [0.25, 0.3) is 0 Å². The number of ketones is 1. The number of rotatable bonds is 3. The Morgan fingerprint density at radius 2 is 1.29 bits per heavy atom. The molecule has 2 aromatic carbocycles. The molecular weight excluding hydrogens is 359 g/mol. The van der Waals surface area contributed by atoms with Crippen LogP contribution in [0.15, 0.2) is 54.6 Å². The first-order chi connectivity index (χ1) is 10.2. The number of nitro benzene ring substituents is 1. The van der Waals surface area contributed by atoms with Gasteiger partial charge < -0.3 is 19.2 Å². The second-order valence-corrected chi connectivity index (χ2v) is 4.90. The zero-order valence-corrected chi connectivity index (χ0v) is 17.9. The van der Waals surface area contributed by atoms with Crippen LogP contribution in [0.4, 0.5) is 5.69 Å². The normalized spacial score (nSPS) is 9.46. The average Bonchev–Trinajstić information content (AvgIpc) is 2.46. The standard InChI is InChI=1S/C13H9NO3.2Na.H3O4P/c15-13(10-4-2-1-3-5-10)11-6-8-12(9-7-11)14(16)17;;;1-5(2,3)4/h1-9H;;;(H3,1,2,3,4)/q;2*+1;/p-2. The third kappa shape index (κ3) is 10.5. The van der Waals surface area contributed by atoms with E-state index in [1.54, 1.807) is 24.3 Å². The predicted octanol–water partition coefficient (Wildman–Crippen LogP) is -5.36. The van der Waals surface area contributed by atoms with Crippen LogP contribution in [-0.2, 0) is 4.57 Å². The molecule has 0 fully saturated rings. The van der Waals surface area contributed by atoms with Crippen LogP contribution in [0.5, 0.6) is 0 Å². The first-order valence-electron chi connectivity index (χ1n) is 5.77. The fourth-order valence-electron chi connectivity index (χ4n) is 1.49. The Labute approximate surface area is 181 Å². The Hall–Kier alpha value is -0.380. The van der Waals surface area contributed by atoms with Gasteiger partial charge in [0.1, 0.15) is 0 Å². The molecule has 116 valence electrons. The second kappa shape index (κ2) is 12.1. The fraction of sp³-hybridized carbons (Fsp3) is 0. The number of carbonyl (C=O) groups excluding carboxylic acids is 1. The van der Waals surface area contributed by atoms with Gasteiger partial charge in [0.05, 0.1) is 12.7 Å². The summed E-state index contributed by atoms with van der Waals surface area (Å²) >= 11 is 0. The molecule has 0 radical (unpaired) electrons. The smallest absolute Gasteiger partial charge is 0.790 e. The number of hydrogen-bond acceptors (Lipinski definition) is 6. The zero-order valence-electron chi connectivity index (χ0n) is 13.0. The van der Waals surface area contributed by atoms with E-state index in [-0.39, 0.29) is 70.6 Å². The Morgan fingerprint density at radius 3 is 1.67 bits per heavy atom. The maximum Gasteiger partial charge on any atom is 1.00 e. The number of carbonyl (C=O) groups is 1. The number of nitrogens with zero attached hydrogens (tertiary/aromatic N) is 1. The van der Waals surface area contributed by atoms with E-state index in [9.17, 15) is 14.9 Å². The monoisotopic (exact) mass is 369 g/mol. The zero-order chi connectivity index (χ0) is 16.8. The molecule has 0 heterocycles. The van der Waals surface area contributed by atoms with Crippen molar-refractivity contribution in [1.82, 2.24) is 0 Å². The number of nitro groups is 1. The number of phosphoric acid groups is 1. The van der Waals surface area contributed by atoms with Gasteiger partial charge in [0.15, 0.2) is 5.78 Å². The van der Waals surface area contributed by atoms with Gasteiger partial charge in [-0.25, -0.2) is 0 Å². The minimum Gasteiger partial charge on any atom is -0.790 e. The van der Waals surface area contributed by atoms with Crippen LogP contribution in [-0.4, -0.2) is 15.6 Å². The summed E-state index contributed by atoms with van der Waals surface area (Å²) in [5, 5.41) is 10.5. The van der Waals surface area contributed by atoms with Gasteiger partial charge in [-0.2, -0.15) is 0 Å². The molecule has 0 aliphatic heterocycles. The minimum absolute atomic E-state index is 0. The van der Waals surface area contributed by atoms with Crippen LogP contribution in [0.3, 0.4) is 0 Å². The molecule has 2 rings (SSSR count). The minimum atomic E-state index is -5.14. The van der Waals surface area contributed by atoms with Crippen molar-refractivity contribution in [3.05, 3.63) is 75.8 Å². The van der Waals surface area contributed by atoms with E-state index < -0.39 is 12.7 Å². The molecule has 2 aromatic rings. The molecule has 0 aliphatic rings. The van der Waals surface area contributed by atoms with Crippen molar-refractivity contribution in [2.45, 2.75) is 0 Å². The Bertz CT molecular complexity index is 696. The van der Waals surface area contributed by atoms with E-state index in [4.69, 9.17) is 19.2 Å². The molecule has 0 saturated heterocycles.